The van der Waals surface area contributed by atoms with Gasteiger partial charge < -0.3 is 9.47 Å². The smallest absolute Gasteiger partial charge is 0.110 e. The largest absolute Gasteiger partial charge is 0.502 e. The van der Waals surface area contributed by atoms with Crippen molar-refractivity contribution in [3.63, 3.8) is 0 Å². The molecular formula is C5H12O2Si. The fourth-order valence-corrected chi connectivity index (χ4v) is 0.503. The predicted octanol–water partition coefficient (Wildman–Crippen LogP) is -0.514. The van der Waals surface area contributed by atoms with E-state index in [0.717, 1.165) is 15.6 Å². The summed E-state index contributed by atoms with van der Waals surface area (Å²) in [6.07, 6.45) is 0. The lowest BCUT2D eigenvalue weighted by atomic mass is 10.8. The standard InChI is InChI=1S/C5H12O2Si/c1-5(8)7-4-3-6-2/h1,3-4H2,2,8H3. The Morgan fingerprint density at radius 2 is 2.25 bits per heavy atom. The maximum Gasteiger partial charge on any atom is 0.110 e. The van der Waals surface area contributed by atoms with Gasteiger partial charge in [0, 0.05) is 7.11 Å². The molecule has 0 aromatic heterocycles. The van der Waals surface area contributed by atoms with Gasteiger partial charge >= 0.3 is 0 Å². The van der Waals surface area contributed by atoms with Gasteiger partial charge in [0.1, 0.15) is 6.61 Å². The lowest BCUT2D eigenvalue weighted by Crippen LogP contribution is -2.00. The summed E-state index contributed by atoms with van der Waals surface area (Å²) in [5.74, 6) is 0. The highest BCUT2D eigenvalue weighted by molar-refractivity contribution is 6.19. The third-order valence-corrected chi connectivity index (χ3v) is 0.925. The molecule has 0 bridgehead atoms. The van der Waals surface area contributed by atoms with Gasteiger partial charge in [-0.25, -0.2) is 0 Å². The van der Waals surface area contributed by atoms with Crippen LogP contribution < -0.4 is 0 Å². The monoisotopic (exact) mass is 132 g/mol. The minimum absolute atomic E-state index is 0.638. The average Bonchev–Trinajstić information content (AvgIpc) is 1.66. The molecule has 8 heavy (non-hydrogen) atoms. The Morgan fingerprint density at radius 3 is 2.62 bits per heavy atom. The molecule has 0 fully saturated rings. The number of hydrogen-bond acceptors (Lipinski definition) is 2. The lowest BCUT2D eigenvalue weighted by Gasteiger charge is -2.01. The van der Waals surface area contributed by atoms with Crippen molar-refractivity contribution >= 4 is 10.2 Å². The van der Waals surface area contributed by atoms with Crippen molar-refractivity contribution in [3.05, 3.63) is 12.0 Å². The van der Waals surface area contributed by atoms with Crippen LogP contribution in [-0.2, 0) is 9.47 Å². The maximum absolute atomic E-state index is 5.02. The summed E-state index contributed by atoms with van der Waals surface area (Å²) in [5, 5.41) is 0.877. The summed E-state index contributed by atoms with van der Waals surface area (Å²) in [4.78, 5) is 0. The van der Waals surface area contributed by atoms with E-state index in [2.05, 4.69) is 6.58 Å². The summed E-state index contributed by atoms with van der Waals surface area (Å²) in [7, 11) is 2.57. The van der Waals surface area contributed by atoms with Crippen LogP contribution in [0.4, 0.5) is 0 Å². The van der Waals surface area contributed by atoms with Gasteiger partial charge in [-0.2, -0.15) is 0 Å². The summed E-state index contributed by atoms with van der Waals surface area (Å²) in [5.41, 5.74) is 0. The van der Waals surface area contributed by atoms with Gasteiger partial charge in [-0.1, -0.05) is 6.58 Å². The molecule has 0 atom stereocenters. The van der Waals surface area contributed by atoms with Crippen molar-refractivity contribution in [1.82, 2.24) is 0 Å². The molecule has 0 heterocycles. The van der Waals surface area contributed by atoms with Crippen LogP contribution in [-0.4, -0.2) is 30.6 Å². The van der Waals surface area contributed by atoms with Gasteiger partial charge in [0.05, 0.1) is 22.2 Å². The van der Waals surface area contributed by atoms with Gasteiger partial charge in [-0.15, -0.1) is 0 Å². The SMILES string of the molecule is C=C([SiH3])OCCOC. The molecule has 0 saturated heterocycles. The molecule has 0 spiro atoms. The summed E-state index contributed by atoms with van der Waals surface area (Å²) >= 11 is 0. The Morgan fingerprint density at radius 1 is 1.62 bits per heavy atom. The molecule has 48 valence electrons. The molecular weight excluding hydrogens is 120 g/mol. The first-order valence-corrected chi connectivity index (χ1v) is 3.54. The second kappa shape index (κ2) is 4.87. The number of rotatable bonds is 4. The van der Waals surface area contributed by atoms with Crippen LogP contribution in [0.25, 0.3) is 0 Å². The molecule has 3 heteroatoms. The molecule has 2 nitrogen and oxygen atoms in total. The zero-order valence-corrected chi connectivity index (χ0v) is 7.44. The highest BCUT2D eigenvalue weighted by Crippen LogP contribution is 1.83. The number of ether oxygens (including phenoxy) is 2. The first-order chi connectivity index (χ1) is 3.77. The average molecular weight is 132 g/mol. The Bertz CT molecular complexity index is 72.8. The van der Waals surface area contributed by atoms with Crippen LogP contribution >= 0.6 is 0 Å². The van der Waals surface area contributed by atoms with E-state index in [0.29, 0.717) is 13.2 Å². The van der Waals surface area contributed by atoms with Gasteiger partial charge in [-0.3, -0.25) is 0 Å². The zero-order chi connectivity index (χ0) is 6.41. The molecule has 0 aliphatic rings. The molecule has 0 amide bonds. The predicted molar refractivity (Wildman–Crippen MR) is 36.9 cm³/mol. The second-order valence-corrected chi connectivity index (χ2v) is 2.66. The van der Waals surface area contributed by atoms with Crippen LogP contribution in [0.1, 0.15) is 0 Å². The fourth-order valence-electron chi connectivity index (χ4n) is 0.299. The third-order valence-electron chi connectivity index (χ3n) is 0.636. The molecule has 0 aliphatic heterocycles. The minimum atomic E-state index is 0.638. The van der Waals surface area contributed by atoms with Crippen molar-refractivity contribution in [1.29, 1.82) is 0 Å². The molecule has 0 aliphatic carbocycles. The Labute approximate surface area is 52.9 Å². The van der Waals surface area contributed by atoms with Gasteiger partial charge in [0.15, 0.2) is 0 Å². The highest BCUT2D eigenvalue weighted by atomic mass is 28.1. The third kappa shape index (κ3) is 5.72. The molecule has 0 radical (unpaired) electrons. The first kappa shape index (κ1) is 7.72. The van der Waals surface area contributed by atoms with E-state index in [1.807, 2.05) is 0 Å². The fraction of sp³-hybridized carbons (Fsp3) is 0.600. The van der Waals surface area contributed by atoms with Gasteiger partial charge in [0.2, 0.25) is 0 Å². The van der Waals surface area contributed by atoms with Crippen LogP contribution in [0.3, 0.4) is 0 Å². The van der Waals surface area contributed by atoms with E-state index in [1.54, 1.807) is 7.11 Å². The molecule has 0 unspecified atom stereocenters. The number of methoxy groups -OCH3 is 1. The maximum atomic E-state index is 5.02. The molecule has 0 rings (SSSR count). The minimum Gasteiger partial charge on any atom is -0.502 e. The van der Waals surface area contributed by atoms with E-state index in [-0.39, 0.29) is 0 Å². The molecule has 0 N–H and O–H groups in total. The van der Waals surface area contributed by atoms with Crippen LogP contribution in [0.15, 0.2) is 12.0 Å². The normalized spacial score (nSPS) is 9.12. The topological polar surface area (TPSA) is 18.5 Å². The zero-order valence-electron chi connectivity index (χ0n) is 5.44. The van der Waals surface area contributed by atoms with E-state index in [1.165, 1.54) is 0 Å². The lowest BCUT2D eigenvalue weighted by molar-refractivity contribution is 0.119. The van der Waals surface area contributed by atoms with Crippen LogP contribution in [0.5, 0.6) is 0 Å². The van der Waals surface area contributed by atoms with Crippen molar-refractivity contribution in [2.45, 2.75) is 0 Å². The van der Waals surface area contributed by atoms with Gasteiger partial charge in [0.25, 0.3) is 0 Å². The van der Waals surface area contributed by atoms with E-state index in [4.69, 9.17) is 9.47 Å². The van der Waals surface area contributed by atoms with E-state index in [9.17, 15) is 0 Å². The Kier molecular flexibility index (Phi) is 4.69. The molecule has 0 aromatic rings. The molecule has 0 saturated carbocycles. The van der Waals surface area contributed by atoms with Crippen molar-refractivity contribution in [2.75, 3.05) is 20.3 Å². The Balaban J connectivity index is 2.82. The summed E-state index contributed by atoms with van der Waals surface area (Å²) < 4.78 is 9.77. The molecule has 0 aromatic carbocycles. The van der Waals surface area contributed by atoms with Crippen LogP contribution in [0, 0.1) is 0 Å². The van der Waals surface area contributed by atoms with E-state index < -0.39 is 0 Å². The van der Waals surface area contributed by atoms with Crippen LogP contribution in [0.2, 0.25) is 0 Å². The second-order valence-electron chi connectivity index (χ2n) is 1.54. The highest BCUT2D eigenvalue weighted by Gasteiger charge is 1.82. The summed E-state index contributed by atoms with van der Waals surface area (Å²) in [6, 6.07) is 0. The van der Waals surface area contributed by atoms with Crippen molar-refractivity contribution in [2.24, 2.45) is 0 Å². The Hall–Kier alpha value is -0.283. The van der Waals surface area contributed by atoms with Crippen molar-refractivity contribution in [3.8, 4) is 0 Å². The first-order valence-electron chi connectivity index (χ1n) is 2.54. The van der Waals surface area contributed by atoms with E-state index >= 15 is 0 Å². The summed E-state index contributed by atoms with van der Waals surface area (Å²) in [6.45, 7) is 4.90. The number of hydrogen-bond donors (Lipinski definition) is 0. The van der Waals surface area contributed by atoms with Gasteiger partial charge in [-0.05, 0) is 0 Å². The quantitative estimate of drug-likeness (QED) is 0.291. The van der Waals surface area contributed by atoms with Crippen molar-refractivity contribution < 1.29 is 9.47 Å².